The largest absolute Gasteiger partial charge is 0.508 e. The van der Waals surface area contributed by atoms with Crippen LogP contribution in [0.15, 0.2) is 36.4 Å². The number of halogens is 1. The van der Waals surface area contributed by atoms with Gasteiger partial charge in [0, 0.05) is 44.4 Å². The van der Waals surface area contributed by atoms with Gasteiger partial charge in [-0.25, -0.2) is 9.18 Å². The summed E-state index contributed by atoms with van der Waals surface area (Å²) >= 11 is 0. The number of phenolic OH excluding ortho intramolecular Hbond substituents is 1. The van der Waals surface area contributed by atoms with E-state index in [4.69, 9.17) is 9.47 Å². The summed E-state index contributed by atoms with van der Waals surface area (Å²) in [5.74, 6) is -0.694. The van der Waals surface area contributed by atoms with Gasteiger partial charge in [0.25, 0.3) is 5.91 Å². The molecule has 0 aliphatic carbocycles. The van der Waals surface area contributed by atoms with E-state index in [-0.39, 0.29) is 41.9 Å². The van der Waals surface area contributed by atoms with Crippen LogP contribution in [0.25, 0.3) is 0 Å². The maximum absolute atomic E-state index is 14.6. The molecule has 2 aromatic rings. The van der Waals surface area contributed by atoms with Crippen LogP contribution in [0.3, 0.4) is 0 Å². The topological polar surface area (TPSA) is 94.6 Å². The van der Waals surface area contributed by atoms with Crippen molar-refractivity contribution in [2.45, 2.75) is 43.8 Å². The number of hydrogen-bond acceptors (Lipinski definition) is 7. The molecule has 2 unspecified atom stereocenters. The van der Waals surface area contributed by atoms with Gasteiger partial charge in [0.15, 0.2) is 11.6 Å². The van der Waals surface area contributed by atoms with Crippen molar-refractivity contribution < 1.29 is 28.6 Å². The molecule has 9 nitrogen and oxygen atoms in total. The molecule has 2 aromatic carbocycles. The average Bonchev–Trinajstić information content (AvgIpc) is 3.33. The SMILES string of the molecule is CCN(CCOC)CCN1C(=O)N2[C@H](c3cccc(O)c3)C3Nc4cc(F)c(OC)cc4C3C[C@@]2(C)C1=O. The van der Waals surface area contributed by atoms with Crippen LogP contribution in [0.1, 0.15) is 43.4 Å². The van der Waals surface area contributed by atoms with E-state index in [2.05, 4.69) is 10.2 Å². The summed E-state index contributed by atoms with van der Waals surface area (Å²) in [6.07, 6.45) is 0.379. The number of benzene rings is 2. The number of nitrogens with zero attached hydrogens (tertiary/aromatic N) is 3. The Labute approximate surface area is 222 Å². The summed E-state index contributed by atoms with van der Waals surface area (Å²) < 4.78 is 25.0. The smallest absolute Gasteiger partial charge is 0.328 e. The Kier molecular flexibility index (Phi) is 6.96. The summed E-state index contributed by atoms with van der Waals surface area (Å²) in [7, 11) is 3.07. The highest BCUT2D eigenvalue weighted by molar-refractivity contribution is 6.07. The third-order valence-electron chi connectivity index (χ3n) is 8.30. The molecule has 4 atom stereocenters. The molecule has 0 saturated carbocycles. The fraction of sp³-hybridized carbons (Fsp3) is 0.500. The first-order chi connectivity index (χ1) is 18.2. The Bertz CT molecular complexity index is 1240. The summed E-state index contributed by atoms with van der Waals surface area (Å²) in [6, 6.07) is 8.64. The number of rotatable bonds is 9. The number of ether oxygens (including phenoxy) is 2. The number of carbonyl (C=O) groups is 2. The molecule has 0 spiro atoms. The number of nitrogens with one attached hydrogen (secondary N) is 1. The lowest BCUT2D eigenvalue weighted by Crippen LogP contribution is -2.58. The monoisotopic (exact) mass is 526 g/mol. The van der Waals surface area contributed by atoms with Crippen LogP contribution >= 0.6 is 0 Å². The predicted octanol–water partition coefficient (Wildman–Crippen LogP) is 3.55. The van der Waals surface area contributed by atoms with Crippen LogP contribution in [-0.2, 0) is 9.53 Å². The molecule has 2 N–H and O–H groups in total. The molecule has 2 fully saturated rings. The molecule has 5 rings (SSSR count). The molecule has 3 heterocycles. The van der Waals surface area contributed by atoms with Crippen molar-refractivity contribution in [1.29, 1.82) is 0 Å². The van der Waals surface area contributed by atoms with Crippen molar-refractivity contribution in [1.82, 2.24) is 14.7 Å². The van der Waals surface area contributed by atoms with Gasteiger partial charge in [-0.05, 0) is 49.2 Å². The first-order valence-electron chi connectivity index (χ1n) is 13.0. The number of fused-ring (bicyclic) bond motifs is 4. The van der Waals surface area contributed by atoms with Crippen molar-refractivity contribution in [2.75, 3.05) is 52.3 Å². The van der Waals surface area contributed by atoms with Crippen LogP contribution in [-0.4, -0.2) is 90.3 Å². The van der Waals surface area contributed by atoms with Crippen molar-refractivity contribution in [2.24, 2.45) is 0 Å². The number of hydrogen-bond donors (Lipinski definition) is 2. The summed E-state index contributed by atoms with van der Waals surface area (Å²) in [6.45, 7) is 6.72. The summed E-state index contributed by atoms with van der Waals surface area (Å²) in [5.41, 5.74) is 1.08. The number of piperidine rings is 1. The van der Waals surface area contributed by atoms with Crippen molar-refractivity contribution in [3.63, 3.8) is 0 Å². The van der Waals surface area contributed by atoms with Gasteiger partial charge in [0.2, 0.25) is 0 Å². The number of carbonyl (C=O) groups excluding carboxylic acids is 2. The quantitative estimate of drug-likeness (QED) is 0.483. The molecule has 10 heteroatoms. The molecule has 3 amide bonds. The van der Waals surface area contributed by atoms with Crippen molar-refractivity contribution in [3.8, 4) is 11.5 Å². The number of amides is 3. The van der Waals surface area contributed by atoms with Gasteiger partial charge in [-0.3, -0.25) is 14.6 Å². The maximum Gasteiger partial charge on any atom is 0.328 e. The molecule has 3 aliphatic heterocycles. The number of imide groups is 1. The van der Waals surface area contributed by atoms with Gasteiger partial charge in [0.05, 0.1) is 25.8 Å². The molecule has 3 aliphatic rings. The highest BCUT2D eigenvalue weighted by Gasteiger charge is 2.64. The van der Waals surface area contributed by atoms with E-state index in [1.807, 2.05) is 19.9 Å². The van der Waals surface area contributed by atoms with Gasteiger partial charge in [-0.1, -0.05) is 19.1 Å². The van der Waals surface area contributed by atoms with E-state index in [0.717, 1.165) is 12.1 Å². The first-order valence-corrected chi connectivity index (χ1v) is 13.0. The van der Waals surface area contributed by atoms with Gasteiger partial charge in [0.1, 0.15) is 11.3 Å². The zero-order valence-corrected chi connectivity index (χ0v) is 22.2. The third-order valence-corrected chi connectivity index (χ3v) is 8.30. The molecule has 0 bridgehead atoms. The normalized spacial score (nSPS) is 25.9. The third kappa shape index (κ3) is 4.16. The molecule has 38 heavy (non-hydrogen) atoms. The number of phenols is 1. The van der Waals surface area contributed by atoms with E-state index in [0.29, 0.717) is 37.4 Å². The highest BCUT2D eigenvalue weighted by Crippen LogP contribution is 2.56. The Morgan fingerprint density at radius 1 is 1.21 bits per heavy atom. The van der Waals surface area contributed by atoms with Crippen LogP contribution in [0, 0.1) is 5.82 Å². The lowest BCUT2D eigenvalue weighted by molar-refractivity contribution is -0.135. The fourth-order valence-electron chi connectivity index (χ4n) is 6.34. The standard InChI is InChI=1S/C28H35FN4O5/c1-5-31(11-12-37-3)9-10-32-26(35)28(2)16-20-19-14-23(38-4)21(29)15-22(19)30-24(20)25(33(28)27(32)36)17-7-6-8-18(34)13-17/h6-8,13-15,20,24-25,30,34H,5,9-12,16H2,1-4H3/t20?,24?,25-,28+/m1/s1. The van der Waals surface area contributed by atoms with E-state index < -0.39 is 17.4 Å². The van der Waals surface area contributed by atoms with E-state index >= 15 is 0 Å². The summed E-state index contributed by atoms with van der Waals surface area (Å²) in [4.78, 5) is 33.1. The van der Waals surface area contributed by atoms with Gasteiger partial charge in [-0.2, -0.15) is 0 Å². The minimum absolute atomic E-state index is 0.0705. The molecule has 0 aromatic heterocycles. The second kappa shape index (κ2) is 10.1. The molecular formula is C28H35FN4O5. The Morgan fingerprint density at radius 3 is 2.68 bits per heavy atom. The number of methoxy groups -OCH3 is 2. The number of urea groups is 1. The lowest BCUT2D eigenvalue weighted by atomic mass is 9.72. The second-order valence-electron chi connectivity index (χ2n) is 10.4. The van der Waals surface area contributed by atoms with Crippen LogP contribution < -0.4 is 10.1 Å². The molecule has 2 saturated heterocycles. The van der Waals surface area contributed by atoms with Gasteiger partial charge < -0.3 is 24.8 Å². The number of anilines is 1. The highest BCUT2D eigenvalue weighted by atomic mass is 19.1. The maximum atomic E-state index is 14.6. The van der Waals surface area contributed by atoms with E-state index in [9.17, 15) is 19.1 Å². The molecule has 204 valence electrons. The zero-order valence-electron chi connectivity index (χ0n) is 22.2. The van der Waals surface area contributed by atoms with Crippen molar-refractivity contribution in [3.05, 3.63) is 53.3 Å². The van der Waals surface area contributed by atoms with Gasteiger partial charge >= 0.3 is 6.03 Å². The molecule has 0 radical (unpaired) electrons. The second-order valence-corrected chi connectivity index (χ2v) is 10.4. The molecular weight excluding hydrogens is 491 g/mol. The van der Waals surface area contributed by atoms with Crippen molar-refractivity contribution >= 4 is 17.6 Å². The van der Waals surface area contributed by atoms with E-state index in [1.54, 1.807) is 36.3 Å². The predicted molar refractivity (Wildman–Crippen MR) is 140 cm³/mol. The van der Waals surface area contributed by atoms with Crippen LogP contribution in [0.2, 0.25) is 0 Å². The Morgan fingerprint density at radius 2 is 2.00 bits per heavy atom. The zero-order chi connectivity index (χ0) is 27.2. The van der Waals surface area contributed by atoms with Gasteiger partial charge in [-0.15, -0.1) is 0 Å². The summed E-state index contributed by atoms with van der Waals surface area (Å²) in [5, 5.41) is 13.7. The lowest BCUT2D eigenvalue weighted by Gasteiger charge is -2.48. The minimum Gasteiger partial charge on any atom is -0.508 e. The number of aromatic hydroxyl groups is 1. The Balaban J connectivity index is 1.54. The first kappa shape index (κ1) is 26.2. The Hall–Kier alpha value is -3.37. The average molecular weight is 527 g/mol. The number of likely N-dealkylation sites (N-methyl/N-ethyl adjacent to an activating group) is 1. The fourth-order valence-corrected chi connectivity index (χ4v) is 6.34. The van der Waals surface area contributed by atoms with Crippen LogP contribution in [0.5, 0.6) is 11.5 Å². The minimum atomic E-state index is -1.11. The van der Waals surface area contributed by atoms with E-state index in [1.165, 1.54) is 18.1 Å². The van der Waals surface area contributed by atoms with Crippen LogP contribution in [0.4, 0.5) is 14.9 Å².